The van der Waals surface area contributed by atoms with Crippen molar-refractivity contribution >= 4 is 22.0 Å². The lowest BCUT2D eigenvalue weighted by Gasteiger charge is -2.45. The van der Waals surface area contributed by atoms with Crippen LogP contribution in [0, 0.1) is 11.8 Å². The lowest BCUT2D eigenvalue weighted by molar-refractivity contribution is -0.214. The van der Waals surface area contributed by atoms with Gasteiger partial charge in [0.05, 0.1) is 6.04 Å². The van der Waals surface area contributed by atoms with Crippen molar-refractivity contribution in [3.63, 3.8) is 0 Å². The largest absolute Gasteiger partial charge is 0.444 e. The van der Waals surface area contributed by atoms with Gasteiger partial charge in [-0.15, -0.1) is 0 Å². The molecule has 0 unspecified atom stereocenters. The molecule has 0 spiro atoms. The average Bonchev–Trinajstić information content (AvgIpc) is 2.69. The predicted molar refractivity (Wildman–Crippen MR) is 113 cm³/mol. The summed E-state index contributed by atoms with van der Waals surface area (Å²) >= 11 is 3.53. The molecule has 2 fully saturated rings. The molecule has 0 aromatic heterocycles. The monoisotopic (exact) mass is 447 g/mol. The summed E-state index contributed by atoms with van der Waals surface area (Å²) < 4.78 is 7.20. The molecule has 2 bridgehead atoms. The van der Waals surface area contributed by atoms with E-state index in [-0.39, 0.29) is 35.7 Å². The van der Waals surface area contributed by atoms with Crippen molar-refractivity contribution in [2.24, 2.45) is 11.8 Å². The maximum absolute atomic E-state index is 13.0. The van der Waals surface area contributed by atoms with Gasteiger partial charge in [0.15, 0.2) is 0 Å². The van der Waals surface area contributed by atoms with Gasteiger partial charge in [-0.1, -0.05) is 67.4 Å². The normalized spacial score (nSPS) is 32.4. The van der Waals surface area contributed by atoms with Gasteiger partial charge in [0.1, 0.15) is 12.2 Å². The summed E-state index contributed by atoms with van der Waals surface area (Å²) in [6.07, 6.45) is 8.80. The van der Waals surface area contributed by atoms with E-state index >= 15 is 0 Å². The Morgan fingerprint density at radius 3 is 2.50 bits per heavy atom. The van der Waals surface area contributed by atoms with Crippen molar-refractivity contribution in [3.8, 4) is 0 Å². The number of hydrogen-bond acceptors (Lipinski definition) is 3. The minimum atomic E-state index is -0.324. The highest BCUT2D eigenvalue weighted by atomic mass is 79.9. The Bertz CT molecular complexity index is 745. The second-order valence-corrected chi connectivity index (χ2v) is 10.1. The van der Waals surface area contributed by atoms with E-state index in [9.17, 15) is 4.79 Å². The molecule has 4 aliphatic rings. The molecule has 5 atom stereocenters. The molecular weight excluding hydrogens is 418 g/mol. The average molecular weight is 448 g/mol. The second kappa shape index (κ2) is 7.83. The Morgan fingerprint density at radius 2 is 1.89 bits per heavy atom. The zero-order chi connectivity index (χ0) is 19.9. The predicted octanol–water partition coefficient (Wildman–Crippen LogP) is 6.00. The molecule has 4 nitrogen and oxygen atoms in total. The van der Waals surface area contributed by atoms with Crippen LogP contribution in [0.3, 0.4) is 0 Å². The first-order valence-electron chi connectivity index (χ1n) is 10.5. The van der Waals surface area contributed by atoms with Crippen LogP contribution >= 0.6 is 15.9 Å². The van der Waals surface area contributed by atoms with E-state index < -0.39 is 0 Å². The quantitative estimate of drug-likeness (QED) is 0.533. The van der Waals surface area contributed by atoms with E-state index in [1.165, 1.54) is 17.0 Å². The third-order valence-corrected chi connectivity index (χ3v) is 7.37. The zero-order valence-electron chi connectivity index (χ0n) is 16.9. The molecule has 1 amide bonds. The molecule has 1 saturated carbocycles. The number of hydroxylamine groups is 2. The molecular formula is C23H30BrNO3. The van der Waals surface area contributed by atoms with Crippen molar-refractivity contribution in [3.05, 3.63) is 46.5 Å². The summed E-state index contributed by atoms with van der Waals surface area (Å²) in [5.41, 5.74) is 1.21. The Hall–Kier alpha value is -1.33. The van der Waals surface area contributed by atoms with Gasteiger partial charge < -0.3 is 4.74 Å². The maximum Gasteiger partial charge on any atom is 0.434 e. The number of halogens is 1. The van der Waals surface area contributed by atoms with E-state index in [1.54, 1.807) is 0 Å². The van der Waals surface area contributed by atoms with Crippen LogP contribution in [0.2, 0.25) is 0 Å². The number of benzene rings is 1. The van der Waals surface area contributed by atoms with Crippen LogP contribution < -0.4 is 0 Å². The van der Waals surface area contributed by atoms with Gasteiger partial charge in [0.25, 0.3) is 0 Å². The van der Waals surface area contributed by atoms with Gasteiger partial charge in [0, 0.05) is 10.4 Å². The fourth-order valence-corrected chi connectivity index (χ4v) is 5.29. The van der Waals surface area contributed by atoms with E-state index in [0.717, 1.165) is 30.2 Å². The summed E-state index contributed by atoms with van der Waals surface area (Å²) in [6, 6.07) is 8.55. The minimum absolute atomic E-state index is 0.0106. The number of fused-ring (bicyclic) bond motifs is 2. The maximum atomic E-state index is 13.0. The highest BCUT2D eigenvalue weighted by Crippen LogP contribution is 2.44. The number of carbonyl (C=O) groups excluding carboxylic acids is 1. The summed E-state index contributed by atoms with van der Waals surface area (Å²) in [5, 5.41) is 1.47. The van der Waals surface area contributed by atoms with Crippen molar-refractivity contribution in [2.45, 2.75) is 76.5 Å². The Kier molecular flexibility index (Phi) is 5.58. The van der Waals surface area contributed by atoms with Gasteiger partial charge in [-0.3, -0.25) is 4.84 Å². The molecule has 5 heteroatoms. The molecule has 152 valence electrons. The highest BCUT2D eigenvalue weighted by molar-refractivity contribution is 9.10. The fourth-order valence-electron chi connectivity index (χ4n) is 5.02. The highest BCUT2D eigenvalue weighted by Gasteiger charge is 2.44. The van der Waals surface area contributed by atoms with Crippen molar-refractivity contribution in [2.75, 3.05) is 0 Å². The smallest absolute Gasteiger partial charge is 0.434 e. The van der Waals surface area contributed by atoms with E-state index in [1.807, 2.05) is 0 Å². The van der Waals surface area contributed by atoms with Crippen LogP contribution in [0.25, 0.3) is 0 Å². The van der Waals surface area contributed by atoms with Gasteiger partial charge in [0.2, 0.25) is 0 Å². The zero-order valence-corrected chi connectivity index (χ0v) is 18.5. The molecule has 2 aliphatic heterocycles. The van der Waals surface area contributed by atoms with Crippen LogP contribution in [0.1, 0.15) is 58.4 Å². The number of nitrogens with zero attached hydrogens (tertiary/aromatic N) is 1. The van der Waals surface area contributed by atoms with Crippen LogP contribution in [-0.2, 0) is 15.0 Å². The van der Waals surface area contributed by atoms with E-state index in [0.29, 0.717) is 5.92 Å². The number of carbonyl (C=O) groups is 1. The topological polar surface area (TPSA) is 38.8 Å². The van der Waals surface area contributed by atoms with Crippen LogP contribution in [0.4, 0.5) is 4.79 Å². The van der Waals surface area contributed by atoms with E-state index in [2.05, 4.69) is 73.1 Å². The first-order chi connectivity index (χ1) is 13.3. The molecule has 2 aliphatic carbocycles. The summed E-state index contributed by atoms with van der Waals surface area (Å²) in [7, 11) is 0. The molecule has 2 heterocycles. The van der Waals surface area contributed by atoms with E-state index in [4.69, 9.17) is 9.57 Å². The fraction of sp³-hybridized carbons (Fsp3) is 0.609. The molecule has 5 rings (SSSR count). The number of ether oxygens (including phenoxy) is 1. The summed E-state index contributed by atoms with van der Waals surface area (Å²) in [6.45, 7) is 6.81. The standard InChI is InChI=1S/C23H30BrNO3/c1-15-4-13-20(23(2,3)16-5-7-17(24)8-6-16)21(14-15)27-22(26)25-18-9-11-19(28-25)12-10-18/h5-9,11,15,18-21H,4,10,12-14H2,1-3H3/t15-,18+,19-,20-,21-/m1/s1. The van der Waals surface area contributed by atoms with Crippen molar-refractivity contribution < 1.29 is 14.4 Å². The molecule has 0 radical (unpaired) electrons. The Labute approximate surface area is 176 Å². The molecule has 1 saturated heterocycles. The van der Waals surface area contributed by atoms with Crippen LogP contribution in [-0.4, -0.2) is 29.4 Å². The van der Waals surface area contributed by atoms with Crippen molar-refractivity contribution in [1.82, 2.24) is 5.06 Å². The van der Waals surface area contributed by atoms with Gasteiger partial charge in [-0.05, 0) is 54.7 Å². The number of rotatable bonds is 3. The number of hydrogen-bond donors (Lipinski definition) is 0. The van der Waals surface area contributed by atoms with Gasteiger partial charge in [-0.2, -0.15) is 5.06 Å². The van der Waals surface area contributed by atoms with Crippen molar-refractivity contribution in [1.29, 1.82) is 0 Å². The molecule has 28 heavy (non-hydrogen) atoms. The van der Waals surface area contributed by atoms with Crippen LogP contribution in [0.5, 0.6) is 0 Å². The Balaban J connectivity index is 1.52. The van der Waals surface area contributed by atoms with Crippen LogP contribution in [0.15, 0.2) is 40.9 Å². The summed E-state index contributed by atoms with van der Waals surface area (Å²) in [5.74, 6) is 0.847. The van der Waals surface area contributed by atoms with Gasteiger partial charge in [-0.25, -0.2) is 4.79 Å². The molecule has 1 aromatic rings. The third kappa shape index (κ3) is 3.88. The first-order valence-corrected chi connectivity index (χ1v) is 11.2. The minimum Gasteiger partial charge on any atom is -0.444 e. The molecule has 1 aromatic carbocycles. The lowest BCUT2D eigenvalue weighted by Crippen LogP contribution is -2.51. The summed E-state index contributed by atoms with van der Waals surface area (Å²) in [4.78, 5) is 18.8. The SMILES string of the molecule is C[C@@H]1CC[C@@H](C(C)(C)c2ccc(Br)cc2)[C@H](OC(=O)N2O[C@@H]3C=C[C@H]2CC3)C1. The van der Waals surface area contributed by atoms with Gasteiger partial charge >= 0.3 is 6.09 Å². The third-order valence-electron chi connectivity index (χ3n) is 6.85. The first kappa shape index (κ1) is 20.0. The molecule has 0 N–H and O–H groups in total. The Morgan fingerprint density at radius 1 is 1.14 bits per heavy atom. The second-order valence-electron chi connectivity index (χ2n) is 9.17. The lowest BCUT2D eigenvalue weighted by atomic mass is 9.64. The number of amides is 1.